The van der Waals surface area contributed by atoms with Crippen molar-refractivity contribution >= 4 is 39.4 Å². The standard InChI is InChI=1S/C16H17BrN2OS/c1-16(2,3)12-6-4-11(5-7-12)15(20)19-18-9-14-8-13(17)10-21-14/h4-10H,1-3H3,(H,19,20). The van der Waals surface area contributed by atoms with E-state index in [-0.39, 0.29) is 11.3 Å². The molecule has 1 aromatic heterocycles. The molecule has 0 bridgehead atoms. The second kappa shape index (κ2) is 6.54. The average Bonchev–Trinajstić information content (AvgIpc) is 2.83. The minimum Gasteiger partial charge on any atom is -0.267 e. The summed E-state index contributed by atoms with van der Waals surface area (Å²) < 4.78 is 1.01. The Morgan fingerprint density at radius 3 is 2.48 bits per heavy atom. The van der Waals surface area contributed by atoms with Crippen LogP contribution in [0.5, 0.6) is 0 Å². The van der Waals surface area contributed by atoms with E-state index in [1.54, 1.807) is 17.6 Å². The molecule has 0 atom stereocenters. The van der Waals surface area contributed by atoms with Crippen LogP contribution in [0, 0.1) is 0 Å². The molecule has 21 heavy (non-hydrogen) atoms. The third-order valence-corrected chi connectivity index (χ3v) is 4.59. The van der Waals surface area contributed by atoms with Crippen LogP contribution < -0.4 is 5.43 Å². The summed E-state index contributed by atoms with van der Waals surface area (Å²) in [5.41, 5.74) is 4.42. The van der Waals surface area contributed by atoms with Gasteiger partial charge in [0.2, 0.25) is 0 Å². The zero-order chi connectivity index (χ0) is 15.5. The molecule has 1 amide bonds. The zero-order valence-electron chi connectivity index (χ0n) is 12.2. The van der Waals surface area contributed by atoms with Crippen LogP contribution in [0.2, 0.25) is 0 Å². The van der Waals surface area contributed by atoms with Crippen molar-refractivity contribution in [1.82, 2.24) is 5.43 Å². The fourth-order valence-electron chi connectivity index (χ4n) is 1.74. The lowest BCUT2D eigenvalue weighted by Gasteiger charge is -2.18. The summed E-state index contributed by atoms with van der Waals surface area (Å²) in [5.74, 6) is -0.206. The van der Waals surface area contributed by atoms with Gasteiger partial charge in [0.1, 0.15) is 0 Å². The predicted octanol–water partition coefficient (Wildman–Crippen LogP) is 4.57. The van der Waals surface area contributed by atoms with Crippen molar-refractivity contribution in [3.8, 4) is 0 Å². The number of halogens is 1. The highest BCUT2D eigenvalue weighted by Gasteiger charge is 2.14. The van der Waals surface area contributed by atoms with Crippen LogP contribution in [0.15, 0.2) is 45.3 Å². The number of nitrogens with one attached hydrogen (secondary N) is 1. The first-order chi connectivity index (χ1) is 9.86. The van der Waals surface area contributed by atoms with Gasteiger partial charge >= 0.3 is 0 Å². The van der Waals surface area contributed by atoms with Crippen molar-refractivity contribution in [2.75, 3.05) is 0 Å². The third kappa shape index (κ3) is 4.51. The Labute approximate surface area is 137 Å². The van der Waals surface area contributed by atoms with Crippen molar-refractivity contribution in [1.29, 1.82) is 0 Å². The molecule has 2 aromatic rings. The number of hydrazone groups is 1. The molecular formula is C16H17BrN2OS. The molecule has 0 saturated heterocycles. The lowest BCUT2D eigenvalue weighted by molar-refractivity contribution is 0.0955. The van der Waals surface area contributed by atoms with Gasteiger partial charge in [-0.3, -0.25) is 4.79 Å². The smallest absolute Gasteiger partial charge is 0.267 e. The lowest BCUT2D eigenvalue weighted by Crippen LogP contribution is -2.18. The number of benzene rings is 1. The maximum atomic E-state index is 12.0. The van der Waals surface area contributed by atoms with E-state index in [2.05, 4.69) is 47.2 Å². The number of nitrogens with zero attached hydrogens (tertiary/aromatic N) is 1. The molecule has 5 heteroatoms. The molecular weight excluding hydrogens is 348 g/mol. The van der Waals surface area contributed by atoms with Gasteiger partial charge in [-0.1, -0.05) is 32.9 Å². The molecule has 0 saturated carbocycles. The molecule has 1 N–H and O–H groups in total. The minimum absolute atomic E-state index is 0.0831. The van der Waals surface area contributed by atoms with Gasteiger partial charge < -0.3 is 0 Å². The number of carbonyl (C=O) groups is 1. The normalized spacial score (nSPS) is 11.8. The Bertz CT molecular complexity index is 654. The van der Waals surface area contributed by atoms with E-state index in [0.717, 1.165) is 9.35 Å². The number of rotatable bonds is 3. The van der Waals surface area contributed by atoms with E-state index in [1.165, 1.54) is 5.56 Å². The molecule has 0 fully saturated rings. The van der Waals surface area contributed by atoms with E-state index in [4.69, 9.17) is 0 Å². The van der Waals surface area contributed by atoms with E-state index in [9.17, 15) is 4.79 Å². The van der Waals surface area contributed by atoms with Crippen LogP contribution in [-0.2, 0) is 5.41 Å². The highest BCUT2D eigenvalue weighted by molar-refractivity contribution is 9.10. The first-order valence-corrected chi connectivity index (χ1v) is 8.21. The highest BCUT2D eigenvalue weighted by atomic mass is 79.9. The Hall–Kier alpha value is -1.46. The summed E-state index contributed by atoms with van der Waals surface area (Å²) in [4.78, 5) is 12.9. The predicted molar refractivity (Wildman–Crippen MR) is 92.2 cm³/mol. The molecule has 2 rings (SSSR count). The highest BCUT2D eigenvalue weighted by Crippen LogP contribution is 2.22. The Kier molecular flexibility index (Phi) is 4.96. The number of amides is 1. The number of carbonyl (C=O) groups excluding carboxylic acids is 1. The monoisotopic (exact) mass is 364 g/mol. The SMILES string of the molecule is CC(C)(C)c1ccc(C(=O)NN=Cc2cc(Br)cs2)cc1. The maximum Gasteiger partial charge on any atom is 0.271 e. The summed E-state index contributed by atoms with van der Waals surface area (Å²) in [6.07, 6.45) is 1.64. The van der Waals surface area contributed by atoms with E-state index >= 15 is 0 Å². The van der Waals surface area contributed by atoms with Crippen LogP contribution >= 0.6 is 27.3 Å². The quantitative estimate of drug-likeness (QED) is 0.628. The van der Waals surface area contributed by atoms with Crippen molar-refractivity contribution in [3.05, 3.63) is 56.2 Å². The van der Waals surface area contributed by atoms with Crippen LogP contribution in [0.4, 0.5) is 0 Å². The zero-order valence-corrected chi connectivity index (χ0v) is 14.6. The van der Waals surface area contributed by atoms with Crippen LogP contribution in [0.3, 0.4) is 0 Å². The molecule has 1 heterocycles. The Morgan fingerprint density at radius 2 is 1.95 bits per heavy atom. The fourth-order valence-corrected chi connectivity index (χ4v) is 3.04. The summed E-state index contributed by atoms with van der Waals surface area (Å²) >= 11 is 4.93. The van der Waals surface area contributed by atoms with Gasteiger partial charge in [-0.15, -0.1) is 11.3 Å². The van der Waals surface area contributed by atoms with Gasteiger partial charge in [0.15, 0.2) is 0 Å². The molecule has 0 spiro atoms. The second-order valence-electron chi connectivity index (χ2n) is 5.69. The Morgan fingerprint density at radius 1 is 1.29 bits per heavy atom. The molecule has 0 aliphatic rings. The van der Waals surface area contributed by atoms with Crippen LogP contribution in [0.1, 0.15) is 41.6 Å². The van der Waals surface area contributed by atoms with Gasteiger partial charge in [-0.05, 0) is 45.1 Å². The van der Waals surface area contributed by atoms with Crippen molar-refractivity contribution in [2.45, 2.75) is 26.2 Å². The summed E-state index contributed by atoms with van der Waals surface area (Å²) in [6.45, 7) is 6.43. The Balaban J connectivity index is 1.99. The molecule has 0 aliphatic carbocycles. The second-order valence-corrected chi connectivity index (χ2v) is 7.55. The number of hydrogen-bond donors (Lipinski definition) is 1. The first-order valence-electron chi connectivity index (χ1n) is 6.54. The topological polar surface area (TPSA) is 41.5 Å². The lowest BCUT2D eigenvalue weighted by atomic mass is 9.87. The van der Waals surface area contributed by atoms with Crippen LogP contribution in [0.25, 0.3) is 0 Å². The van der Waals surface area contributed by atoms with E-state index < -0.39 is 0 Å². The average molecular weight is 365 g/mol. The summed E-state index contributed by atoms with van der Waals surface area (Å²) in [6, 6.07) is 9.56. The summed E-state index contributed by atoms with van der Waals surface area (Å²) in [7, 11) is 0. The number of thiophene rings is 1. The van der Waals surface area contributed by atoms with Gasteiger partial charge in [0.05, 0.1) is 6.21 Å². The molecule has 0 radical (unpaired) electrons. The fraction of sp³-hybridized carbons (Fsp3) is 0.250. The minimum atomic E-state index is -0.206. The molecule has 3 nitrogen and oxygen atoms in total. The van der Waals surface area contributed by atoms with Gasteiger partial charge in [-0.25, -0.2) is 5.43 Å². The molecule has 0 aliphatic heterocycles. The van der Waals surface area contributed by atoms with Crippen LogP contribution in [-0.4, -0.2) is 12.1 Å². The van der Waals surface area contributed by atoms with Crippen molar-refractivity contribution in [2.24, 2.45) is 5.10 Å². The van der Waals surface area contributed by atoms with Gasteiger partial charge in [0.25, 0.3) is 5.91 Å². The summed E-state index contributed by atoms with van der Waals surface area (Å²) in [5, 5.41) is 5.93. The van der Waals surface area contributed by atoms with Gasteiger partial charge in [0, 0.05) is 20.3 Å². The van der Waals surface area contributed by atoms with Gasteiger partial charge in [-0.2, -0.15) is 5.10 Å². The number of hydrogen-bond acceptors (Lipinski definition) is 3. The largest absolute Gasteiger partial charge is 0.271 e. The van der Waals surface area contributed by atoms with Crippen molar-refractivity contribution < 1.29 is 4.79 Å². The molecule has 0 unspecified atom stereocenters. The maximum absolute atomic E-state index is 12.0. The third-order valence-electron chi connectivity index (χ3n) is 2.96. The van der Waals surface area contributed by atoms with E-state index in [1.807, 2.05) is 35.7 Å². The van der Waals surface area contributed by atoms with E-state index in [0.29, 0.717) is 5.56 Å². The molecule has 110 valence electrons. The molecule has 1 aromatic carbocycles. The van der Waals surface area contributed by atoms with Crippen molar-refractivity contribution in [3.63, 3.8) is 0 Å². The first kappa shape index (κ1) is 15.9.